The van der Waals surface area contributed by atoms with Gasteiger partial charge >= 0.3 is 0 Å². The van der Waals surface area contributed by atoms with Crippen LogP contribution in [0.4, 0.5) is 0 Å². The first-order valence-corrected chi connectivity index (χ1v) is 4.87. The molecular formula is C12H14O2. The third kappa shape index (κ3) is 1.52. The van der Waals surface area contributed by atoms with Gasteiger partial charge in [0.15, 0.2) is 0 Å². The molecule has 0 saturated heterocycles. The number of rotatable bonds is 3. The van der Waals surface area contributed by atoms with Crippen molar-refractivity contribution in [2.45, 2.75) is 19.3 Å². The van der Waals surface area contributed by atoms with Gasteiger partial charge in [0.05, 0.1) is 7.11 Å². The molecule has 2 nitrogen and oxygen atoms in total. The highest BCUT2D eigenvalue weighted by molar-refractivity contribution is 5.82. The fourth-order valence-electron chi connectivity index (χ4n) is 1.96. The van der Waals surface area contributed by atoms with Crippen molar-refractivity contribution in [1.29, 1.82) is 0 Å². The molecule has 0 N–H and O–H groups in total. The second-order valence-electron chi connectivity index (χ2n) is 3.80. The number of methoxy groups -OCH3 is 1. The van der Waals surface area contributed by atoms with Crippen molar-refractivity contribution in [3.63, 3.8) is 0 Å². The van der Waals surface area contributed by atoms with E-state index in [1.165, 1.54) is 5.56 Å². The Morgan fingerprint density at radius 2 is 2.14 bits per heavy atom. The van der Waals surface area contributed by atoms with E-state index in [1.54, 1.807) is 14.0 Å². The molecule has 1 aromatic rings. The Kier molecular flexibility index (Phi) is 2.28. The van der Waals surface area contributed by atoms with E-state index < -0.39 is 0 Å². The Morgan fingerprint density at radius 3 is 2.71 bits per heavy atom. The molecule has 1 aromatic carbocycles. The first kappa shape index (κ1) is 9.25. The van der Waals surface area contributed by atoms with E-state index in [1.807, 2.05) is 24.3 Å². The van der Waals surface area contributed by atoms with E-state index in [9.17, 15) is 4.79 Å². The normalized spacial score (nSPS) is 24.4. The smallest absolute Gasteiger partial charge is 0.133 e. The zero-order valence-electron chi connectivity index (χ0n) is 8.49. The molecular weight excluding hydrogens is 176 g/mol. The highest BCUT2D eigenvalue weighted by atomic mass is 16.5. The summed E-state index contributed by atoms with van der Waals surface area (Å²) in [6.07, 6.45) is 0.982. The fourth-order valence-corrected chi connectivity index (χ4v) is 1.96. The Labute approximate surface area is 83.9 Å². The number of carbonyl (C=O) groups excluding carboxylic acids is 1. The van der Waals surface area contributed by atoms with Gasteiger partial charge in [0.25, 0.3) is 0 Å². The number of hydrogen-bond acceptors (Lipinski definition) is 2. The summed E-state index contributed by atoms with van der Waals surface area (Å²) >= 11 is 0. The highest BCUT2D eigenvalue weighted by Gasteiger charge is 2.42. The van der Waals surface area contributed by atoms with Gasteiger partial charge in [0, 0.05) is 5.92 Å². The van der Waals surface area contributed by atoms with Gasteiger partial charge in [-0.05, 0) is 30.9 Å². The lowest BCUT2D eigenvalue weighted by molar-refractivity contribution is -0.118. The molecule has 0 aliphatic heterocycles. The van der Waals surface area contributed by atoms with Gasteiger partial charge < -0.3 is 4.74 Å². The van der Waals surface area contributed by atoms with E-state index in [0.29, 0.717) is 11.7 Å². The van der Waals surface area contributed by atoms with Crippen LogP contribution in [-0.4, -0.2) is 12.9 Å². The zero-order chi connectivity index (χ0) is 10.1. The Morgan fingerprint density at radius 1 is 1.43 bits per heavy atom. The van der Waals surface area contributed by atoms with Gasteiger partial charge in [-0.25, -0.2) is 0 Å². The molecule has 2 rings (SSSR count). The van der Waals surface area contributed by atoms with Crippen LogP contribution < -0.4 is 4.74 Å². The van der Waals surface area contributed by atoms with Crippen LogP contribution in [0.25, 0.3) is 0 Å². The maximum Gasteiger partial charge on any atom is 0.133 e. The lowest BCUT2D eigenvalue weighted by Gasteiger charge is -2.06. The minimum absolute atomic E-state index is 0.228. The average molecular weight is 190 g/mol. The summed E-state index contributed by atoms with van der Waals surface area (Å²) in [5, 5.41) is 0. The van der Waals surface area contributed by atoms with Gasteiger partial charge in [-0.2, -0.15) is 0 Å². The van der Waals surface area contributed by atoms with Crippen LogP contribution in [0.5, 0.6) is 5.75 Å². The van der Waals surface area contributed by atoms with Crippen molar-refractivity contribution in [3.05, 3.63) is 29.8 Å². The van der Waals surface area contributed by atoms with E-state index in [4.69, 9.17) is 4.74 Å². The number of carbonyl (C=O) groups is 1. The molecule has 2 atom stereocenters. The number of para-hydroxylation sites is 1. The van der Waals surface area contributed by atoms with Crippen molar-refractivity contribution in [2.24, 2.45) is 5.92 Å². The number of ketones is 1. The first-order chi connectivity index (χ1) is 6.74. The summed E-state index contributed by atoms with van der Waals surface area (Å²) in [6, 6.07) is 7.94. The van der Waals surface area contributed by atoms with Crippen LogP contribution in [0.3, 0.4) is 0 Å². The second kappa shape index (κ2) is 3.45. The summed E-state index contributed by atoms with van der Waals surface area (Å²) in [5.41, 5.74) is 1.18. The van der Waals surface area contributed by atoms with Crippen molar-refractivity contribution in [2.75, 3.05) is 7.11 Å². The highest BCUT2D eigenvalue weighted by Crippen LogP contribution is 2.50. The second-order valence-corrected chi connectivity index (χ2v) is 3.80. The molecule has 0 unspecified atom stereocenters. The molecule has 0 radical (unpaired) electrons. The summed E-state index contributed by atoms with van der Waals surface area (Å²) in [5.74, 6) is 1.82. The zero-order valence-corrected chi connectivity index (χ0v) is 8.49. The Bertz CT molecular complexity index is 357. The van der Waals surface area contributed by atoms with Crippen LogP contribution in [0.2, 0.25) is 0 Å². The molecule has 1 aliphatic carbocycles. The summed E-state index contributed by atoms with van der Waals surface area (Å²) in [6.45, 7) is 1.67. The van der Waals surface area contributed by atoms with Gasteiger partial charge in [0.1, 0.15) is 11.5 Å². The van der Waals surface area contributed by atoms with Crippen molar-refractivity contribution < 1.29 is 9.53 Å². The first-order valence-electron chi connectivity index (χ1n) is 4.87. The SMILES string of the molecule is COc1ccccc1[C@@H]1C[C@H]1C(C)=O. The maximum absolute atomic E-state index is 11.1. The number of benzene rings is 1. The van der Waals surface area contributed by atoms with Crippen molar-refractivity contribution in [1.82, 2.24) is 0 Å². The topological polar surface area (TPSA) is 26.3 Å². The predicted octanol–water partition coefficient (Wildman–Crippen LogP) is 2.39. The fraction of sp³-hybridized carbons (Fsp3) is 0.417. The molecule has 0 spiro atoms. The van der Waals surface area contributed by atoms with Gasteiger partial charge in [-0.3, -0.25) is 4.79 Å². The molecule has 1 saturated carbocycles. The molecule has 1 fully saturated rings. The van der Waals surface area contributed by atoms with E-state index >= 15 is 0 Å². The van der Waals surface area contributed by atoms with Crippen LogP contribution in [-0.2, 0) is 4.79 Å². The quantitative estimate of drug-likeness (QED) is 0.731. The summed E-state index contributed by atoms with van der Waals surface area (Å²) < 4.78 is 5.26. The molecule has 2 heteroatoms. The molecule has 14 heavy (non-hydrogen) atoms. The number of Topliss-reactive ketones (excluding diaryl/α,β-unsaturated/α-hetero) is 1. The minimum Gasteiger partial charge on any atom is -0.496 e. The van der Waals surface area contributed by atoms with Gasteiger partial charge in [-0.1, -0.05) is 18.2 Å². The van der Waals surface area contributed by atoms with Crippen LogP contribution in [0.1, 0.15) is 24.8 Å². The van der Waals surface area contributed by atoms with Crippen LogP contribution in [0.15, 0.2) is 24.3 Å². The molecule has 0 aromatic heterocycles. The molecule has 0 heterocycles. The third-order valence-corrected chi connectivity index (χ3v) is 2.85. The number of hydrogen-bond donors (Lipinski definition) is 0. The standard InChI is InChI=1S/C12H14O2/c1-8(13)10-7-11(10)9-5-3-4-6-12(9)14-2/h3-6,10-11H,7H2,1-2H3/t10-,11-/m0/s1. The molecule has 1 aliphatic rings. The number of ether oxygens (including phenoxy) is 1. The molecule has 74 valence electrons. The van der Waals surface area contributed by atoms with Crippen molar-refractivity contribution in [3.8, 4) is 5.75 Å². The largest absolute Gasteiger partial charge is 0.496 e. The summed E-state index contributed by atoms with van der Waals surface area (Å²) in [7, 11) is 1.67. The monoisotopic (exact) mass is 190 g/mol. The lowest BCUT2D eigenvalue weighted by atomic mass is 10.1. The Balaban J connectivity index is 2.22. The van der Waals surface area contributed by atoms with Gasteiger partial charge in [0.2, 0.25) is 0 Å². The maximum atomic E-state index is 11.1. The van der Waals surface area contributed by atoms with E-state index in [2.05, 4.69) is 0 Å². The lowest BCUT2D eigenvalue weighted by Crippen LogP contribution is -1.96. The third-order valence-electron chi connectivity index (χ3n) is 2.85. The molecule has 0 bridgehead atoms. The van der Waals surface area contributed by atoms with Crippen molar-refractivity contribution >= 4 is 5.78 Å². The average Bonchev–Trinajstić information content (AvgIpc) is 2.97. The van der Waals surface area contributed by atoms with E-state index in [-0.39, 0.29) is 5.92 Å². The van der Waals surface area contributed by atoms with Crippen LogP contribution in [0, 0.1) is 5.92 Å². The predicted molar refractivity (Wildman–Crippen MR) is 54.5 cm³/mol. The van der Waals surface area contributed by atoms with E-state index in [0.717, 1.165) is 12.2 Å². The minimum atomic E-state index is 0.228. The van der Waals surface area contributed by atoms with Crippen LogP contribution >= 0.6 is 0 Å². The molecule has 0 amide bonds. The Hall–Kier alpha value is -1.31. The summed E-state index contributed by atoms with van der Waals surface area (Å²) in [4.78, 5) is 11.1. The van der Waals surface area contributed by atoms with Gasteiger partial charge in [-0.15, -0.1) is 0 Å².